The Morgan fingerprint density at radius 2 is 2.07 bits per heavy atom. The second kappa shape index (κ2) is 3.27. The summed E-state index contributed by atoms with van der Waals surface area (Å²) < 4.78 is 0. The van der Waals surface area contributed by atoms with Gasteiger partial charge in [0.1, 0.15) is 0 Å². The van der Waals surface area contributed by atoms with Gasteiger partial charge in [-0.05, 0) is 17.5 Å². The van der Waals surface area contributed by atoms with Gasteiger partial charge < -0.3 is 10.2 Å². The molecule has 0 radical (unpaired) electrons. The SMILES string of the molecule is O=C(O)C1=CCC(O)c2ccccc21. The van der Waals surface area contributed by atoms with Crippen molar-refractivity contribution in [3.63, 3.8) is 0 Å². The summed E-state index contributed by atoms with van der Waals surface area (Å²) in [5, 5.41) is 18.5. The van der Waals surface area contributed by atoms with Gasteiger partial charge in [-0.3, -0.25) is 0 Å². The molecular formula is C11H10O3. The highest BCUT2D eigenvalue weighted by atomic mass is 16.4. The Balaban J connectivity index is 2.56. The Hall–Kier alpha value is -1.61. The third kappa shape index (κ3) is 1.32. The van der Waals surface area contributed by atoms with Crippen LogP contribution in [0.2, 0.25) is 0 Å². The largest absolute Gasteiger partial charge is 0.478 e. The lowest BCUT2D eigenvalue weighted by Gasteiger charge is -2.19. The van der Waals surface area contributed by atoms with Crippen LogP contribution in [0, 0.1) is 0 Å². The van der Waals surface area contributed by atoms with Crippen LogP contribution in [-0.4, -0.2) is 16.2 Å². The van der Waals surface area contributed by atoms with Crippen LogP contribution in [0.5, 0.6) is 0 Å². The fraction of sp³-hybridized carbons (Fsp3) is 0.182. The van der Waals surface area contributed by atoms with Gasteiger partial charge in [0.25, 0.3) is 0 Å². The number of benzene rings is 1. The predicted octanol–water partition coefficient (Wildman–Crippen LogP) is 1.59. The zero-order valence-corrected chi connectivity index (χ0v) is 7.47. The van der Waals surface area contributed by atoms with Gasteiger partial charge in [-0.25, -0.2) is 4.79 Å². The summed E-state index contributed by atoms with van der Waals surface area (Å²) in [6.45, 7) is 0. The second-order valence-electron chi connectivity index (χ2n) is 3.26. The van der Waals surface area contributed by atoms with Gasteiger partial charge in [0.15, 0.2) is 0 Å². The molecule has 0 saturated heterocycles. The molecule has 0 heterocycles. The van der Waals surface area contributed by atoms with Crippen LogP contribution in [0.4, 0.5) is 0 Å². The average molecular weight is 190 g/mol. The van der Waals surface area contributed by atoms with Gasteiger partial charge in [-0.2, -0.15) is 0 Å². The van der Waals surface area contributed by atoms with E-state index < -0.39 is 12.1 Å². The van der Waals surface area contributed by atoms with Crippen molar-refractivity contribution in [1.82, 2.24) is 0 Å². The van der Waals surface area contributed by atoms with Crippen molar-refractivity contribution in [1.29, 1.82) is 0 Å². The van der Waals surface area contributed by atoms with Gasteiger partial charge in [0.05, 0.1) is 11.7 Å². The lowest BCUT2D eigenvalue weighted by molar-refractivity contribution is -0.130. The first-order valence-corrected chi connectivity index (χ1v) is 4.41. The summed E-state index contributed by atoms with van der Waals surface area (Å²) in [6.07, 6.45) is 1.36. The molecule has 72 valence electrons. The minimum absolute atomic E-state index is 0.283. The molecule has 0 bridgehead atoms. The Morgan fingerprint density at radius 1 is 1.36 bits per heavy atom. The van der Waals surface area contributed by atoms with Crippen LogP contribution >= 0.6 is 0 Å². The van der Waals surface area contributed by atoms with Crippen molar-refractivity contribution in [2.45, 2.75) is 12.5 Å². The summed E-state index contributed by atoms with van der Waals surface area (Å²) in [4.78, 5) is 10.9. The summed E-state index contributed by atoms with van der Waals surface area (Å²) >= 11 is 0. The molecule has 2 rings (SSSR count). The van der Waals surface area contributed by atoms with Gasteiger partial charge in [-0.15, -0.1) is 0 Å². The Labute approximate surface area is 81.3 Å². The number of hydrogen-bond acceptors (Lipinski definition) is 2. The third-order valence-electron chi connectivity index (χ3n) is 2.39. The Bertz CT molecular complexity index is 407. The van der Waals surface area contributed by atoms with E-state index in [0.29, 0.717) is 17.5 Å². The summed E-state index contributed by atoms with van der Waals surface area (Å²) in [7, 11) is 0. The van der Waals surface area contributed by atoms with Gasteiger partial charge in [-0.1, -0.05) is 30.3 Å². The number of rotatable bonds is 1. The quantitative estimate of drug-likeness (QED) is 0.707. The van der Waals surface area contributed by atoms with E-state index in [1.165, 1.54) is 0 Å². The van der Waals surface area contributed by atoms with Crippen molar-refractivity contribution in [3.05, 3.63) is 41.5 Å². The molecule has 0 saturated carbocycles. The van der Waals surface area contributed by atoms with Crippen molar-refractivity contribution in [3.8, 4) is 0 Å². The molecular weight excluding hydrogens is 180 g/mol. The molecule has 1 atom stereocenters. The van der Waals surface area contributed by atoms with E-state index >= 15 is 0 Å². The van der Waals surface area contributed by atoms with Gasteiger partial charge in [0, 0.05) is 0 Å². The standard InChI is InChI=1S/C11H10O3/c12-10-6-5-9(11(13)14)7-3-1-2-4-8(7)10/h1-5,10,12H,6H2,(H,13,14). The lowest BCUT2D eigenvalue weighted by Crippen LogP contribution is -2.11. The van der Waals surface area contributed by atoms with Crippen molar-refractivity contribution in [2.75, 3.05) is 0 Å². The minimum Gasteiger partial charge on any atom is -0.478 e. The minimum atomic E-state index is -0.940. The summed E-state index contributed by atoms with van der Waals surface area (Å²) in [6, 6.07) is 7.05. The summed E-state index contributed by atoms with van der Waals surface area (Å²) in [5.41, 5.74) is 1.61. The molecule has 3 heteroatoms. The fourth-order valence-electron chi connectivity index (χ4n) is 1.70. The predicted molar refractivity (Wildman–Crippen MR) is 51.6 cm³/mol. The number of hydrogen-bond donors (Lipinski definition) is 2. The first-order chi connectivity index (χ1) is 6.70. The maximum absolute atomic E-state index is 10.9. The first-order valence-electron chi connectivity index (χ1n) is 4.41. The molecule has 1 aliphatic rings. The van der Waals surface area contributed by atoms with E-state index in [2.05, 4.69) is 0 Å². The monoisotopic (exact) mass is 190 g/mol. The molecule has 1 aromatic carbocycles. The molecule has 0 spiro atoms. The highest BCUT2D eigenvalue weighted by Crippen LogP contribution is 2.32. The third-order valence-corrected chi connectivity index (χ3v) is 2.39. The summed E-state index contributed by atoms with van der Waals surface area (Å²) in [5.74, 6) is -0.940. The lowest BCUT2D eigenvalue weighted by atomic mass is 9.89. The molecule has 1 aromatic rings. The van der Waals surface area contributed by atoms with Gasteiger partial charge in [0.2, 0.25) is 0 Å². The molecule has 14 heavy (non-hydrogen) atoms. The highest BCUT2D eigenvalue weighted by molar-refractivity contribution is 6.16. The normalized spacial score (nSPS) is 19.8. The molecule has 1 unspecified atom stereocenters. The number of aliphatic hydroxyl groups excluding tert-OH is 1. The number of fused-ring (bicyclic) bond motifs is 1. The Morgan fingerprint density at radius 3 is 2.79 bits per heavy atom. The van der Waals surface area contributed by atoms with Crippen LogP contribution in [0.1, 0.15) is 23.7 Å². The van der Waals surface area contributed by atoms with E-state index in [0.717, 1.165) is 0 Å². The Kier molecular flexibility index (Phi) is 2.09. The fourth-order valence-corrected chi connectivity index (χ4v) is 1.70. The van der Waals surface area contributed by atoms with E-state index in [9.17, 15) is 9.90 Å². The average Bonchev–Trinajstić information content (AvgIpc) is 2.18. The van der Waals surface area contributed by atoms with E-state index in [1.54, 1.807) is 30.3 Å². The molecule has 2 N–H and O–H groups in total. The molecule has 0 fully saturated rings. The molecule has 0 aromatic heterocycles. The highest BCUT2D eigenvalue weighted by Gasteiger charge is 2.22. The van der Waals surface area contributed by atoms with Crippen LogP contribution < -0.4 is 0 Å². The van der Waals surface area contributed by atoms with Gasteiger partial charge >= 0.3 is 5.97 Å². The molecule has 1 aliphatic carbocycles. The van der Waals surface area contributed by atoms with Crippen LogP contribution in [0.15, 0.2) is 30.3 Å². The molecule has 0 aliphatic heterocycles. The van der Waals surface area contributed by atoms with Crippen LogP contribution in [-0.2, 0) is 4.79 Å². The number of carbonyl (C=O) groups is 1. The van der Waals surface area contributed by atoms with Crippen molar-refractivity contribution < 1.29 is 15.0 Å². The topological polar surface area (TPSA) is 57.5 Å². The smallest absolute Gasteiger partial charge is 0.335 e. The maximum Gasteiger partial charge on any atom is 0.335 e. The van der Waals surface area contributed by atoms with E-state index in [1.807, 2.05) is 0 Å². The number of aliphatic carboxylic acids is 1. The number of aliphatic hydroxyl groups is 1. The number of carboxylic acid groups (broad SMARTS) is 1. The van der Waals surface area contributed by atoms with E-state index in [4.69, 9.17) is 5.11 Å². The maximum atomic E-state index is 10.9. The number of carboxylic acids is 1. The van der Waals surface area contributed by atoms with Crippen LogP contribution in [0.3, 0.4) is 0 Å². The second-order valence-corrected chi connectivity index (χ2v) is 3.26. The van der Waals surface area contributed by atoms with Crippen LogP contribution in [0.25, 0.3) is 5.57 Å². The van der Waals surface area contributed by atoms with E-state index in [-0.39, 0.29) is 5.57 Å². The van der Waals surface area contributed by atoms with Crippen molar-refractivity contribution >= 4 is 11.5 Å². The molecule has 3 nitrogen and oxygen atoms in total. The van der Waals surface area contributed by atoms with Crippen molar-refractivity contribution in [2.24, 2.45) is 0 Å². The first kappa shape index (κ1) is 8.97. The zero-order valence-electron chi connectivity index (χ0n) is 7.47. The zero-order chi connectivity index (χ0) is 10.1. The molecule has 0 amide bonds.